The number of benzene rings is 1. The molecule has 1 radical (unpaired) electrons. The van der Waals surface area contributed by atoms with Crippen molar-refractivity contribution in [1.29, 1.82) is 0 Å². The third-order valence-electron chi connectivity index (χ3n) is 1.09. The Labute approximate surface area is 106 Å². The zero-order chi connectivity index (χ0) is 7.56. The Balaban J connectivity index is 0.000001000. The molecule has 0 saturated heterocycles. The molecule has 4 heteroatoms. The van der Waals surface area contributed by atoms with E-state index < -0.39 is 11.6 Å². The maximum absolute atomic E-state index is 12.3. The van der Waals surface area contributed by atoms with E-state index in [2.05, 4.69) is 0 Å². The molecule has 0 saturated carbocycles. The van der Waals surface area contributed by atoms with E-state index in [-0.39, 0.29) is 56.9 Å². The van der Waals surface area contributed by atoms with Crippen LogP contribution in [0.1, 0.15) is 10.4 Å². The van der Waals surface area contributed by atoms with Crippen molar-refractivity contribution in [3.63, 3.8) is 0 Å². The van der Waals surface area contributed by atoms with Crippen molar-refractivity contribution in [3.05, 3.63) is 29.6 Å². The first kappa shape index (κ1) is 11.3. The Bertz CT molecular complexity index is 263. The van der Waals surface area contributed by atoms with Gasteiger partial charge >= 0.3 is 0 Å². The fraction of sp³-hybridized carbons (Fsp3) is 0. The van der Waals surface area contributed by atoms with Gasteiger partial charge in [-0.15, -0.1) is 0 Å². The number of aldehydes is 1. The van der Waals surface area contributed by atoms with Crippen molar-refractivity contribution in [2.45, 2.75) is 0 Å². The Kier molecular flexibility index (Phi) is 5.12. The van der Waals surface area contributed by atoms with Gasteiger partial charge in [0.1, 0.15) is 12.1 Å². The minimum Gasteiger partial charge on any atom is -0.870 e. The molecule has 0 fully saturated rings. The van der Waals surface area contributed by atoms with Gasteiger partial charge in [0.05, 0.1) is 0 Å². The molecule has 0 aliphatic carbocycles. The van der Waals surface area contributed by atoms with Crippen molar-refractivity contribution >= 4 is 57.7 Å². The van der Waals surface area contributed by atoms with E-state index in [0.717, 1.165) is 12.1 Å². The predicted octanol–water partition coefficient (Wildman–Crippen LogP) is 0.331. The van der Waals surface area contributed by atoms with Crippen molar-refractivity contribution in [2.24, 2.45) is 0 Å². The first-order valence-corrected chi connectivity index (χ1v) is 2.66. The van der Waals surface area contributed by atoms with Crippen molar-refractivity contribution in [3.8, 4) is 5.75 Å². The van der Waals surface area contributed by atoms with E-state index in [1.54, 1.807) is 0 Å². The van der Waals surface area contributed by atoms with Crippen LogP contribution in [0.2, 0.25) is 0 Å². The van der Waals surface area contributed by atoms with Crippen LogP contribution in [0.25, 0.3) is 0 Å². The molecule has 0 aliphatic heterocycles. The molecule has 1 aromatic carbocycles. The monoisotopic (exact) mass is 178 g/mol. The Morgan fingerprint density at radius 2 is 2.09 bits per heavy atom. The van der Waals surface area contributed by atoms with Crippen LogP contribution in [0.3, 0.4) is 0 Å². The first-order valence-electron chi connectivity index (χ1n) is 2.66. The van der Waals surface area contributed by atoms with Gasteiger partial charge in [-0.3, -0.25) is 4.79 Å². The second-order valence-electron chi connectivity index (χ2n) is 1.81. The molecule has 0 unspecified atom stereocenters. The molecule has 0 bridgehead atoms. The summed E-state index contributed by atoms with van der Waals surface area (Å²) in [6.07, 6.45) is 0.489. The first-order chi connectivity index (χ1) is 4.74. The number of carbonyl (C=O) groups is 1. The van der Waals surface area contributed by atoms with Crippen LogP contribution in [0.4, 0.5) is 4.39 Å². The van der Waals surface area contributed by atoms with Gasteiger partial charge in [-0.25, -0.2) is 4.39 Å². The van der Waals surface area contributed by atoms with E-state index in [9.17, 15) is 14.3 Å². The van der Waals surface area contributed by atoms with Gasteiger partial charge in [-0.05, 0) is 6.07 Å². The largest absolute Gasteiger partial charge is 0.870 e. The molecule has 2 nitrogen and oxygen atoms in total. The van der Waals surface area contributed by atoms with Gasteiger partial charge in [0.15, 0.2) is 0 Å². The maximum atomic E-state index is 12.3. The topological polar surface area (TPSA) is 40.1 Å². The van der Waals surface area contributed by atoms with Gasteiger partial charge < -0.3 is 5.11 Å². The van der Waals surface area contributed by atoms with Crippen LogP contribution in [-0.2, 0) is 0 Å². The summed E-state index contributed by atoms with van der Waals surface area (Å²) in [6.45, 7) is 0. The third kappa shape index (κ3) is 3.00. The molecule has 0 N–H and O–H groups in total. The van der Waals surface area contributed by atoms with E-state index in [0.29, 0.717) is 6.29 Å². The fourth-order valence-electron chi connectivity index (χ4n) is 0.590. The molecular formula is C7H4FKO2-. The maximum Gasteiger partial charge on any atom is 0.150 e. The number of rotatable bonds is 1. The number of halogens is 1. The Morgan fingerprint density at radius 1 is 1.45 bits per heavy atom. The average Bonchev–Trinajstić information content (AvgIpc) is 1.95. The molecular weight excluding hydrogens is 174 g/mol. The SMILES string of the molecule is O=Cc1ccc([O-])c(F)c1.[K]. The summed E-state index contributed by atoms with van der Waals surface area (Å²) >= 11 is 0. The van der Waals surface area contributed by atoms with Gasteiger partial charge in [0.25, 0.3) is 0 Å². The second-order valence-corrected chi connectivity index (χ2v) is 1.81. The van der Waals surface area contributed by atoms with Gasteiger partial charge in [0, 0.05) is 56.9 Å². The zero-order valence-corrected chi connectivity index (χ0v) is 9.13. The molecule has 0 heterocycles. The van der Waals surface area contributed by atoms with E-state index in [1.165, 1.54) is 6.07 Å². The second kappa shape index (κ2) is 5.00. The Hall–Kier alpha value is 0.256. The molecule has 0 amide bonds. The van der Waals surface area contributed by atoms with Crippen LogP contribution in [-0.4, -0.2) is 57.7 Å². The van der Waals surface area contributed by atoms with Gasteiger partial charge in [0.2, 0.25) is 0 Å². The van der Waals surface area contributed by atoms with Crippen LogP contribution in [0, 0.1) is 5.82 Å². The zero-order valence-electron chi connectivity index (χ0n) is 6.00. The molecule has 0 atom stereocenters. The fourth-order valence-corrected chi connectivity index (χ4v) is 0.590. The molecule has 0 aliphatic rings. The Morgan fingerprint density at radius 3 is 2.55 bits per heavy atom. The van der Waals surface area contributed by atoms with E-state index in [4.69, 9.17) is 0 Å². The average molecular weight is 178 g/mol. The van der Waals surface area contributed by atoms with Gasteiger partial charge in [-0.1, -0.05) is 17.9 Å². The molecule has 1 rings (SSSR count). The number of carbonyl (C=O) groups excluding carboxylic acids is 1. The van der Waals surface area contributed by atoms with Crippen molar-refractivity contribution in [1.82, 2.24) is 0 Å². The standard InChI is InChI=1S/C7H5FO2.K/c8-6-3-5(4-9)1-2-7(6)10;/h1-4,10H;/p-1. The van der Waals surface area contributed by atoms with Gasteiger partial charge in [-0.2, -0.15) is 0 Å². The summed E-state index contributed by atoms with van der Waals surface area (Å²) < 4.78 is 12.3. The number of hydrogen-bond donors (Lipinski definition) is 0. The normalized spacial score (nSPS) is 8.45. The quantitative estimate of drug-likeness (QED) is 0.459. The van der Waals surface area contributed by atoms with Crippen molar-refractivity contribution < 1.29 is 14.3 Å². The summed E-state index contributed by atoms with van der Waals surface area (Å²) in [5.41, 5.74) is 0.178. The molecule has 11 heavy (non-hydrogen) atoms. The van der Waals surface area contributed by atoms with Crippen LogP contribution >= 0.6 is 0 Å². The molecule has 0 spiro atoms. The van der Waals surface area contributed by atoms with Crippen molar-refractivity contribution in [2.75, 3.05) is 0 Å². The summed E-state index contributed by atoms with van der Waals surface area (Å²) in [4.78, 5) is 10.0. The summed E-state index contributed by atoms with van der Waals surface area (Å²) in [7, 11) is 0. The summed E-state index contributed by atoms with van der Waals surface area (Å²) in [5.74, 6) is -1.57. The van der Waals surface area contributed by atoms with E-state index >= 15 is 0 Å². The summed E-state index contributed by atoms with van der Waals surface area (Å²) in [5, 5.41) is 10.4. The molecule has 53 valence electrons. The predicted molar refractivity (Wildman–Crippen MR) is 37.0 cm³/mol. The van der Waals surface area contributed by atoms with Crippen LogP contribution < -0.4 is 5.11 Å². The third-order valence-corrected chi connectivity index (χ3v) is 1.09. The van der Waals surface area contributed by atoms with E-state index in [1.807, 2.05) is 0 Å². The minimum absolute atomic E-state index is 0. The van der Waals surface area contributed by atoms with Crippen LogP contribution in [0.15, 0.2) is 18.2 Å². The summed E-state index contributed by atoms with van der Waals surface area (Å²) in [6, 6.07) is 3.22. The van der Waals surface area contributed by atoms with Crippen LogP contribution in [0.5, 0.6) is 5.75 Å². The molecule has 1 aromatic rings. The number of hydrogen-bond acceptors (Lipinski definition) is 2. The molecule has 0 aromatic heterocycles. The minimum atomic E-state index is -0.885. The smallest absolute Gasteiger partial charge is 0.150 e.